The van der Waals surface area contributed by atoms with Gasteiger partial charge in [-0.25, -0.2) is 0 Å². The lowest BCUT2D eigenvalue weighted by molar-refractivity contribution is 0.0556. The largest absolute Gasteiger partial charge is 0.340 e. The quantitative estimate of drug-likeness (QED) is 0.528. The van der Waals surface area contributed by atoms with Crippen molar-refractivity contribution in [3.63, 3.8) is 0 Å². The SMILES string of the molecule is CCn1nc(C)c(Br)c1C(=O)N1CCC2(CCN(C(=O)c3cc4ccccc4n3C)CC2)C1. The first-order valence-corrected chi connectivity index (χ1v) is 12.5. The van der Waals surface area contributed by atoms with Crippen molar-refractivity contribution in [3.05, 3.63) is 51.9 Å². The number of piperidine rings is 1. The number of hydrogen-bond acceptors (Lipinski definition) is 3. The summed E-state index contributed by atoms with van der Waals surface area (Å²) < 4.78 is 4.58. The summed E-state index contributed by atoms with van der Waals surface area (Å²) in [5.74, 6) is 0.149. The zero-order valence-electron chi connectivity index (χ0n) is 19.5. The first kappa shape index (κ1) is 22.2. The summed E-state index contributed by atoms with van der Waals surface area (Å²) in [5.41, 5.74) is 3.41. The third-order valence-corrected chi connectivity index (χ3v) is 8.51. The Morgan fingerprint density at radius 3 is 2.39 bits per heavy atom. The molecule has 8 heteroatoms. The van der Waals surface area contributed by atoms with Crippen LogP contribution in [0.2, 0.25) is 0 Å². The first-order chi connectivity index (χ1) is 15.8. The lowest BCUT2D eigenvalue weighted by atomic mass is 9.77. The Hall–Kier alpha value is -2.61. The van der Waals surface area contributed by atoms with Crippen LogP contribution < -0.4 is 0 Å². The van der Waals surface area contributed by atoms with Crippen LogP contribution >= 0.6 is 15.9 Å². The van der Waals surface area contributed by atoms with Gasteiger partial charge in [0.2, 0.25) is 0 Å². The Bertz CT molecular complexity index is 1240. The Morgan fingerprint density at radius 2 is 1.73 bits per heavy atom. The minimum atomic E-state index is 0.0511. The number of aryl methyl sites for hydroxylation is 3. The van der Waals surface area contributed by atoms with Gasteiger partial charge in [-0.15, -0.1) is 0 Å². The highest BCUT2D eigenvalue weighted by molar-refractivity contribution is 9.10. The van der Waals surface area contributed by atoms with Gasteiger partial charge in [0, 0.05) is 50.7 Å². The first-order valence-electron chi connectivity index (χ1n) is 11.7. The van der Waals surface area contributed by atoms with Gasteiger partial charge in [0.05, 0.1) is 10.2 Å². The van der Waals surface area contributed by atoms with Crippen LogP contribution in [0.1, 0.15) is 52.9 Å². The Kier molecular flexibility index (Phi) is 5.59. The average Bonchev–Trinajstić information content (AvgIpc) is 3.48. The number of nitrogens with zero attached hydrogens (tertiary/aromatic N) is 5. The highest BCUT2D eigenvalue weighted by Gasteiger charge is 2.44. The molecule has 2 aromatic heterocycles. The Balaban J connectivity index is 1.27. The predicted octanol–water partition coefficient (Wildman–Crippen LogP) is 4.23. The summed E-state index contributed by atoms with van der Waals surface area (Å²) >= 11 is 3.56. The van der Waals surface area contributed by atoms with Gasteiger partial charge >= 0.3 is 0 Å². The number of likely N-dealkylation sites (tertiary alicyclic amines) is 2. The van der Waals surface area contributed by atoms with Gasteiger partial charge in [0.1, 0.15) is 11.4 Å². The third-order valence-electron chi connectivity index (χ3n) is 7.56. The number of rotatable bonds is 3. The fourth-order valence-corrected chi connectivity index (χ4v) is 5.95. The van der Waals surface area contributed by atoms with Gasteiger partial charge in [-0.3, -0.25) is 14.3 Å². The molecule has 1 spiro atoms. The molecule has 2 aliphatic heterocycles. The molecule has 174 valence electrons. The Labute approximate surface area is 202 Å². The molecule has 5 rings (SSSR count). The number of amides is 2. The monoisotopic (exact) mass is 511 g/mol. The molecule has 33 heavy (non-hydrogen) atoms. The van der Waals surface area contributed by atoms with Crippen molar-refractivity contribution in [2.75, 3.05) is 26.2 Å². The topological polar surface area (TPSA) is 63.4 Å². The van der Waals surface area contributed by atoms with E-state index in [0.717, 1.165) is 72.2 Å². The van der Waals surface area contributed by atoms with Crippen LogP contribution in [0.15, 0.2) is 34.8 Å². The molecule has 2 aliphatic rings. The highest BCUT2D eigenvalue weighted by atomic mass is 79.9. The summed E-state index contributed by atoms with van der Waals surface area (Å²) in [4.78, 5) is 30.6. The number of benzene rings is 1. The van der Waals surface area contributed by atoms with E-state index in [4.69, 9.17) is 0 Å². The van der Waals surface area contributed by atoms with Crippen LogP contribution in [0.25, 0.3) is 10.9 Å². The van der Waals surface area contributed by atoms with Crippen molar-refractivity contribution in [2.45, 2.75) is 39.7 Å². The molecular weight excluding hydrogens is 482 g/mol. The van der Waals surface area contributed by atoms with Crippen molar-refractivity contribution in [1.29, 1.82) is 0 Å². The summed E-state index contributed by atoms with van der Waals surface area (Å²) in [5, 5.41) is 5.57. The average molecular weight is 512 g/mol. The highest BCUT2D eigenvalue weighted by Crippen LogP contribution is 2.41. The van der Waals surface area contributed by atoms with Crippen LogP contribution in [0, 0.1) is 12.3 Å². The molecule has 1 aromatic carbocycles. The van der Waals surface area contributed by atoms with E-state index in [2.05, 4.69) is 21.0 Å². The van der Waals surface area contributed by atoms with Crippen LogP contribution in [-0.2, 0) is 13.6 Å². The second-order valence-electron chi connectivity index (χ2n) is 9.48. The molecule has 4 heterocycles. The van der Waals surface area contributed by atoms with E-state index < -0.39 is 0 Å². The van der Waals surface area contributed by atoms with Crippen LogP contribution in [0.5, 0.6) is 0 Å². The number of halogens is 1. The maximum absolute atomic E-state index is 13.3. The van der Waals surface area contributed by atoms with Crippen molar-refractivity contribution >= 4 is 38.6 Å². The standard InChI is InChI=1S/C25H30BrN5O2/c1-4-31-22(21(26)17(2)27-31)24(33)30-14-11-25(16-30)9-12-29(13-10-25)23(32)20-15-18-7-5-6-8-19(18)28(20)3/h5-8,15H,4,9-14,16H2,1-3H3. The van der Waals surface area contributed by atoms with Gasteiger partial charge in [-0.05, 0) is 66.6 Å². The Morgan fingerprint density at radius 1 is 1.06 bits per heavy atom. The van der Waals surface area contributed by atoms with Gasteiger partial charge < -0.3 is 14.4 Å². The van der Waals surface area contributed by atoms with Crippen LogP contribution in [0.4, 0.5) is 0 Å². The summed E-state index contributed by atoms with van der Waals surface area (Å²) in [6, 6.07) is 10.1. The molecule has 7 nitrogen and oxygen atoms in total. The van der Waals surface area contributed by atoms with Crippen molar-refractivity contribution in [3.8, 4) is 0 Å². The minimum Gasteiger partial charge on any atom is -0.340 e. The zero-order chi connectivity index (χ0) is 23.3. The van der Waals surface area contributed by atoms with E-state index in [1.54, 1.807) is 4.68 Å². The zero-order valence-corrected chi connectivity index (χ0v) is 21.1. The molecule has 0 radical (unpaired) electrons. The molecule has 2 amide bonds. The van der Waals surface area contributed by atoms with Crippen molar-refractivity contribution < 1.29 is 9.59 Å². The third kappa shape index (κ3) is 3.68. The van der Waals surface area contributed by atoms with E-state index in [9.17, 15) is 9.59 Å². The van der Waals surface area contributed by atoms with Crippen LogP contribution in [0.3, 0.4) is 0 Å². The minimum absolute atomic E-state index is 0.0511. The van der Waals surface area contributed by atoms with E-state index in [1.807, 2.05) is 65.6 Å². The van der Waals surface area contributed by atoms with Crippen molar-refractivity contribution in [2.24, 2.45) is 12.5 Å². The van der Waals surface area contributed by atoms with Crippen LogP contribution in [-0.4, -0.2) is 62.1 Å². The molecule has 2 fully saturated rings. The molecule has 0 bridgehead atoms. The predicted molar refractivity (Wildman–Crippen MR) is 131 cm³/mol. The number of carbonyl (C=O) groups excluding carboxylic acids is 2. The summed E-state index contributed by atoms with van der Waals surface area (Å²) in [6.07, 6.45) is 2.85. The lowest BCUT2D eigenvalue weighted by Crippen LogP contribution is -2.45. The van der Waals surface area contributed by atoms with E-state index in [1.165, 1.54) is 0 Å². The molecular formula is C25H30BrN5O2. The number of aromatic nitrogens is 3. The molecule has 2 saturated heterocycles. The van der Waals surface area contributed by atoms with Crippen molar-refractivity contribution in [1.82, 2.24) is 24.1 Å². The maximum atomic E-state index is 13.3. The van der Waals surface area contributed by atoms with Gasteiger partial charge in [0.25, 0.3) is 11.8 Å². The van der Waals surface area contributed by atoms with E-state index in [-0.39, 0.29) is 17.2 Å². The normalized spacial score (nSPS) is 17.9. The summed E-state index contributed by atoms with van der Waals surface area (Å²) in [6.45, 7) is 7.57. The maximum Gasteiger partial charge on any atom is 0.273 e. The van der Waals surface area contributed by atoms with Gasteiger partial charge in [-0.2, -0.15) is 5.10 Å². The molecule has 3 aromatic rings. The van der Waals surface area contributed by atoms with E-state index >= 15 is 0 Å². The van der Waals surface area contributed by atoms with Gasteiger partial charge in [-0.1, -0.05) is 18.2 Å². The smallest absolute Gasteiger partial charge is 0.273 e. The second kappa shape index (κ2) is 8.31. The number of para-hydroxylation sites is 1. The number of carbonyl (C=O) groups is 2. The molecule has 0 atom stereocenters. The lowest BCUT2D eigenvalue weighted by Gasteiger charge is -2.39. The molecule has 0 saturated carbocycles. The summed E-state index contributed by atoms with van der Waals surface area (Å²) in [7, 11) is 1.96. The van der Waals surface area contributed by atoms with E-state index in [0.29, 0.717) is 12.2 Å². The fourth-order valence-electron chi connectivity index (χ4n) is 5.50. The van der Waals surface area contributed by atoms with Gasteiger partial charge in [0.15, 0.2) is 0 Å². The number of hydrogen-bond donors (Lipinski definition) is 0. The molecule has 0 unspecified atom stereocenters. The fraction of sp³-hybridized carbons (Fsp3) is 0.480. The molecule has 0 aliphatic carbocycles. The second-order valence-corrected chi connectivity index (χ2v) is 10.3. The molecule has 0 N–H and O–H groups in total. The number of fused-ring (bicyclic) bond motifs is 1.